The minimum absolute atomic E-state index is 0.342. The first-order chi connectivity index (χ1) is 13.2. The van der Waals surface area contributed by atoms with E-state index in [0.29, 0.717) is 22.8 Å². The summed E-state index contributed by atoms with van der Waals surface area (Å²) < 4.78 is 16.1. The molecule has 0 spiro atoms. The van der Waals surface area contributed by atoms with Crippen LogP contribution in [0.3, 0.4) is 0 Å². The smallest absolute Gasteiger partial charge is 0.347 e. The summed E-state index contributed by atoms with van der Waals surface area (Å²) in [5, 5.41) is 0. The van der Waals surface area contributed by atoms with Crippen molar-refractivity contribution in [2.75, 3.05) is 14.2 Å². The molecule has 0 unspecified atom stereocenters. The Bertz CT molecular complexity index is 952. The number of para-hydroxylation sites is 1. The molecule has 0 aliphatic heterocycles. The van der Waals surface area contributed by atoms with E-state index in [-0.39, 0.29) is 0 Å². The number of rotatable bonds is 6. The molecule has 0 saturated heterocycles. The molecule has 2 aromatic carbocycles. The summed E-state index contributed by atoms with van der Waals surface area (Å²) in [5.41, 5.74) is 2.31. The van der Waals surface area contributed by atoms with Gasteiger partial charge in [-0.15, -0.1) is 0 Å². The van der Waals surface area contributed by atoms with Crippen LogP contribution in [0.25, 0.3) is 12.2 Å². The topological polar surface area (TPSA) is 57.7 Å². The molecular weight excluding hydrogens is 342 g/mol. The van der Waals surface area contributed by atoms with Crippen molar-refractivity contribution in [1.82, 2.24) is 4.98 Å². The monoisotopic (exact) mass is 361 g/mol. The lowest BCUT2D eigenvalue weighted by atomic mass is 10.1. The minimum Gasteiger partial charge on any atom is -0.496 e. The summed E-state index contributed by atoms with van der Waals surface area (Å²) in [5.74, 6) is 0.758. The van der Waals surface area contributed by atoms with Crippen molar-refractivity contribution in [2.24, 2.45) is 0 Å². The maximum atomic E-state index is 12.5. The first-order valence-corrected chi connectivity index (χ1v) is 8.32. The average molecular weight is 361 g/mol. The van der Waals surface area contributed by atoms with Crippen LogP contribution in [0.1, 0.15) is 21.5 Å². The molecule has 5 nitrogen and oxygen atoms in total. The summed E-state index contributed by atoms with van der Waals surface area (Å²) in [7, 11) is 3.04. The van der Waals surface area contributed by atoms with Crippen LogP contribution in [0.15, 0.2) is 67.0 Å². The second-order valence-electron chi connectivity index (χ2n) is 5.61. The zero-order chi connectivity index (χ0) is 19.1. The molecule has 0 amide bonds. The quantitative estimate of drug-likeness (QED) is 0.478. The number of pyridine rings is 1. The Morgan fingerprint density at radius 1 is 0.815 bits per heavy atom. The molecule has 3 aromatic rings. The molecule has 1 heterocycles. The van der Waals surface area contributed by atoms with Crippen LogP contribution in [0.4, 0.5) is 0 Å². The van der Waals surface area contributed by atoms with Crippen LogP contribution in [0.2, 0.25) is 0 Å². The maximum absolute atomic E-state index is 12.5. The molecule has 1 aromatic heterocycles. The van der Waals surface area contributed by atoms with Crippen molar-refractivity contribution in [3.05, 3.63) is 83.7 Å². The zero-order valence-electron chi connectivity index (χ0n) is 15.1. The predicted octanol–water partition coefficient (Wildman–Crippen LogP) is 4.49. The summed E-state index contributed by atoms with van der Waals surface area (Å²) in [6, 6.07) is 16.1. The highest BCUT2D eigenvalue weighted by atomic mass is 16.6. The fraction of sp³-hybridized carbons (Fsp3) is 0.0909. The van der Waals surface area contributed by atoms with E-state index >= 15 is 0 Å². The van der Waals surface area contributed by atoms with Gasteiger partial charge in [0.2, 0.25) is 0 Å². The van der Waals surface area contributed by atoms with Crippen molar-refractivity contribution in [3.8, 4) is 17.2 Å². The number of carbonyl (C=O) groups is 1. The lowest BCUT2D eigenvalue weighted by Gasteiger charge is -2.11. The Morgan fingerprint density at radius 3 is 2.26 bits per heavy atom. The van der Waals surface area contributed by atoms with Gasteiger partial charge in [-0.25, -0.2) is 4.79 Å². The number of benzene rings is 2. The predicted molar refractivity (Wildman–Crippen MR) is 104 cm³/mol. The minimum atomic E-state index is -0.508. The van der Waals surface area contributed by atoms with Crippen LogP contribution in [0, 0.1) is 0 Å². The molecule has 136 valence electrons. The van der Waals surface area contributed by atoms with E-state index in [9.17, 15) is 4.79 Å². The van der Waals surface area contributed by atoms with Gasteiger partial charge >= 0.3 is 5.97 Å². The molecular formula is C22H19NO4. The molecule has 27 heavy (non-hydrogen) atoms. The summed E-state index contributed by atoms with van der Waals surface area (Å²) in [6.07, 6.45) is 7.39. The van der Waals surface area contributed by atoms with Crippen LogP contribution in [-0.2, 0) is 0 Å². The second kappa shape index (κ2) is 8.67. The van der Waals surface area contributed by atoms with Crippen LogP contribution >= 0.6 is 0 Å². The van der Waals surface area contributed by atoms with Gasteiger partial charge in [0.05, 0.1) is 14.2 Å². The van der Waals surface area contributed by atoms with Gasteiger partial charge in [0.25, 0.3) is 0 Å². The molecule has 5 heteroatoms. The number of esters is 1. The number of hydrogen-bond acceptors (Lipinski definition) is 5. The third kappa shape index (κ3) is 4.52. The molecule has 0 saturated carbocycles. The Labute approximate surface area is 157 Å². The second-order valence-corrected chi connectivity index (χ2v) is 5.61. The van der Waals surface area contributed by atoms with Gasteiger partial charge in [-0.3, -0.25) is 4.98 Å². The lowest BCUT2D eigenvalue weighted by Crippen LogP contribution is -2.10. The molecule has 0 aliphatic rings. The van der Waals surface area contributed by atoms with Crippen LogP contribution < -0.4 is 14.2 Å². The van der Waals surface area contributed by atoms with E-state index in [4.69, 9.17) is 14.2 Å². The van der Waals surface area contributed by atoms with E-state index < -0.39 is 5.97 Å². The normalized spacial score (nSPS) is 10.6. The van der Waals surface area contributed by atoms with E-state index in [1.54, 1.807) is 42.7 Å². The maximum Gasteiger partial charge on any atom is 0.347 e. The Kier molecular flexibility index (Phi) is 5.84. The first kappa shape index (κ1) is 18.2. The van der Waals surface area contributed by atoms with E-state index in [1.807, 2.05) is 36.4 Å². The highest BCUT2D eigenvalue weighted by Gasteiger charge is 2.16. The number of aromatic nitrogens is 1. The van der Waals surface area contributed by atoms with Crippen LogP contribution in [0.5, 0.6) is 17.2 Å². The van der Waals surface area contributed by atoms with Gasteiger partial charge in [-0.05, 0) is 47.5 Å². The standard InChI is InChI=1S/C22H19NO4/c1-25-19-6-4-3-5-18(19)22(24)27-20-10-9-17(15-21(20)26-2)8-7-16-11-13-23-14-12-16/h3-15H,1-2H3. The van der Waals surface area contributed by atoms with Crippen molar-refractivity contribution < 1.29 is 19.0 Å². The van der Waals surface area contributed by atoms with Gasteiger partial charge in [0.15, 0.2) is 11.5 Å². The number of carbonyl (C=O) groups excluding carboxylic acids is 1. The SMILES string of the molecule is COc1cc(C=Cc2ccncc2)ccc1OC(=O)c1ccccc1OC. The van der Waals surface area contributed by atoms with E-state index in [0.717, 1.165) is 11.1 Å². The summed E-state index contributed by atoms with van der Waals surface area (Å²) >= 11 is 0. The molecule has 0 radical (unpaired) electrons. The van der Waals surface area contributed by atoms with Gasteiger partial charge in [0.1, 0.15) is 11.3 Å². The molecule has 3 rings (SSSR count). The van der Waals surface area contributed by atoms with E-state index in [1.165, 1.54) is 14.2 Å². The zero-order valence-corrected chi connectivity index (χ0v) is 15.1. The molecule has 0 N–H and O–H groups in total. The van der Waals surface area contributed by atoms with Crippen molar-refractivity contribution in [2.45, 2.75) is 0 Å². The third-order valence-corrected chi connectivity index (χ3v) is 3.89. The Balaban J connectivity index is 1.80. The summed E-state index contributed by atoms with van der Waals surface area (Å²) in [6.45, 7) is 0. The van der Waals surface area contributed by atoms with Crippen molar-refractivity contribution >= 4 is 18.1 Å². The van der Waals surface area contributed by atoms with Crippen molar-refractivity contribution in [1.29, 1.82) is 0 Å². The average Bonchev–Trinajstić information content (AvgIpc) is 2.73. The molecule has 0 aliphatic carbocycles. The summed E-state index contributed by atoms with van der Waals surface area (Å²) in [4.78, 5) is 16.5. The van der Waals surface area contributed by atoms with E-state index in [2.05, 4.69) is 4.98 Å². The van der Waals surface area contributed by atoms with Gasteiger partial charge in [-0.2, -0.15) is 0 Å². The molecule has 0 atom stereocenters. The third-order valence-electron chi connectivity index (χ3n) is 3.89. The number of nitrogens with zero attached hydrogens (tertiary/aromatic N) is 1. The number of hydrogen-bond donors (Lipinski definition) is 0. The fourth-order valence-electron chi connectivity index (χ4n) is 2.51. The number of ether oxygens (including phenoxy) is 3. The fourth-order valence-corrected chi connectivity index (χ4v) is 2.51. The van der Waals surface area contributed by atoms with Gasteiger partial charge in [-0.1, -0.05) is 30.4 Å². The molecule has 0 fully saturated rings. The lowest BCUT2D eigenvalue weighted by molar-refractivity contribution is 0.0726. The number of methoxy groups -OCH3 is 2. The first-order valence-electron chi connectivity index (χ1n) is 8.32. The Hall–Kier alpha value is -3.60. The van der Waals surface area contributed by atoms with Gasteiger partial charge in [0, 0.05) is 12.4 Å². The van der Waals surface area contributed by atoms with Crippen molar-refractivity contribution in [3.63, 3.8) is 0 Å². The molecule has 0 bridgehead atoms. The highest BCUT2D eigenvalue weighted by Crippen LogP contribution is 2.30. The Morgan fingerprint density at radius 2 is 1.52 bits per heavy atom. The van der Waals surface area contributed by atoms with Gasteiger partial charge < -0.3 is 14.2 Å². The van der Waals surface area contributed by atoms with Crippen LogP contribution in [-0.4, -0.2) is 25.2 Å². The largest absolute Gasteiger partial charge is 0.496 e. The highest BCUT2D eigenvalue weighted by molar-refractivity contribution is 5.94.